The van der Waals surface area contributed by atoms with Crippen LogP contribution in [0, 0.1) is 10.1 Å². The third-order valence-corrected chi connectivity index (χ3v) is 3.26. The summed E-state index contributed by atoms with van der Waals surface area (Å²) in [6.07, 6.45) is 1.21. The van der Waals surface area contributed by atoms with Gasteiger partial charge in [-0.3, -0.25) is 15.2 Å². The molecule has 2 heterocycles. The SMILES string of the molecule is CC(C)Oc1cc(N2CC([N+](=O)[O-])=CC(Cl)=C2Cl)[nH]n1. The quantitative estimate of drug-likeness (QED) is 0.524. The highest BCUT2D eigenvalue weighted by Crippen LogP contribution is 2.31. The summed E-state index contributed by atoms with van der Waals surface area (Å²) < 4.78 is 5.41. The van der Waals surface area contributed by atoms with Gasteiger partial charge in [0.25, 0.3) is 5.70 Å². The zero-order chi connectivity index (χ0) is 14.9. The molecule has 0 aromatic carbocycles. The van der Waals surface area contributed by atoms with Gasteiger partial charge in [0.05, 0.1) is 16.1 Å². The monoisotopic (exact) mass is 318 g/mol. The Bertz CT molecular complexity index is 594. The van der Waals surface area contributed by atoms with Gasteiger partial charge < -0.3 is 9.64 Å². The Morgan fingerprint density at radius 2 is 2.25 bits per heavy atom. The number of hydrogen-bond donors (Lipinski definition) is 1. The van der Waals surface area contributed by atoms with Crippen LogP contribution in [0.1, 0.15) is 13.8 Å². The number of anilines is 1. The summed E-state index contributed by atoms with van der Waals surface area (Å²) in [5.41, 5.74) is -0.0553. The number of aromatic nitrogens is 2. The van der Waals surface area contributed by atoms with Crippen LogP contribution in [0.25, 0.3) is 0 Å². The molecule has 1 N–H and O–H groups in total. The third-order valence-electron chi connectivity index (χ3n) is 2.47. The van der Waals surface area contributed by atoms with Gasteiger partial charge in [-0.15, -0.1) is 5.10 Å². The normalized spacial score (nSPS) is 15.7. The fraction of sp³-hybridized carbons (Fsp3) is 0.364. The largest absolute Gasteiger partial charge is 0.474 e. The van der Waals surface area contributed by atoms with Crippen molar-refractivity contribution in [2.45, 2.75) is 20.0 Å². The number of H-pyrrole nitrogens is 1. The number of halogens is 2. The molecule has 1 aliphatic heterocycles. The second-order valence-electron chi connectivity index (χ2n) is 4.38. The summed E-state index contributed by atoms with van der Waals surface area (Å²) in [6, 6.07) is 1.61. The maximum absolute atomic E-state index is 10.9. The average molecular weight is 319 g/mol. The van der Waals surface area contributed by atoms with Gasteiger partial charge in [-0.25, -0.2) is 0 Å². The number of rotatable bonds is 4. The predicted octanol–water partition coefficient (Wildman–Crippen LogP) is 2.82. The topological polar surface area (TPSA) is 84.3 Å². The summed E-state index contributed by atoms with van der Waals surface area (Å²) in [4.78, 5) is 11.8. The van der Waals surface area contributed by atoms with Gasteiger partial charge in [0.2, 0.25) is 5.88 Å². The Hall–Kier alpha value is -1.73. The molecule has 7 nitrogen and oxygen atoms in total. The van der Waals surface area contributed by atoms with E-state index < -0.39 is 4.92 Å². The van der Waals surface area contributed by atoms with Crippen LogP contribution >= 0.6 is 23.2 Å². The maximum Gasteiger partial charge on any atom is 0.267 e. The van der Waals surface area contributed by atoms with E-state index in [0.29, 0.717) is 11.7 Å². The first kappa shape index (κ1) is 14.7. The van der Waals surface area contributed by atoms with Crippen LogP contribution in [-0.2, 0) is 0 Å². The molecular formula is C11H12Cl2N4O3. The number of ether oxygens (including phenoxy) is 1. The molecule has 0 spiro atoms. The predicted molar refractivity (Wildman–Crippen MR) is 75.5 cm³/mol. The Morgan fingerprint density at radius 1 is 1.55 bits per heavy atom. The van der Waals surface area contributed by atoms with E-state index in [1.807, 2.05) is 13.8 Å². The Balaban J connectivity index is 2.27. The molecule has 1 aliphatic rings. The lowest BCUT2D eigenvalue weighted by Gasteiger charge is -2.23. The minimum Gasteiger partial charge on any atom is -0.474 e. The van der Waals surface area contributed by atoms with Gasteiger partial charge in [0.1, 0.15) is 17.5 Å². The first-order valence-electron chi connectivity index (χ1n) is 5.78. The van der Waals surface area contributed by atoms with E-state index >= 15 is 0 Å². The Morgan fingerprint density at radius 3 is 2.85 bits per heavy atom. The van der Waals surface area contributed by atoms with Crippen molar-refractivity contribution in [1.29, 1.82) is 0 Å². The van der Waals surface area contributed by atoms with E-state index in [4.69, 9.17) is 27.9 Å². The van der Waals surface area contributed by atoms with Crippen LogP contribution in [0.3, 0.4) is 0 Å². The van der Waals surface area contributed by atoms with Crippen molar-refractivity contribution in [3.8, 4) is 5.88 Å². The van der Waals surface area contributed by atoms with Crippen LogP contribution in [-0.4, -0.2) is 27.8 Å². The Kier molecular flexibility index (Phi) is 4.20. The van der Waals surface area contributed by atoms with E-state index in [1.54, 1.807) is 6.07 Å². The molecular weight excluding hydrogens is 307 g/mol. The molecule has 0 unspecified atom stereocenters. The molecule has 20 heavy (non-hydrogen) atoms. The van der Waals surface area contributed by atoms with E-state index in [1.165, 1.54) is 11.0 Å². The fourth-order valence-corrected chi connectivity index (χ4v) is 2.08. The number of hydrogen-bond acceptors (Lipinski definition) is 5. The third kappa shape index (κ3) is 3.05. The molecule has 0 saturated carbocycles. The van der Waals surface area contributed by atoms with Gasteiger partial charge >= 0.3 is 0 Å². The highest BCUT2D eigenvalue weighted by atomic mass is 35.5. The van der Waals surface area contributed by atoms with Crippen molar-refractivity contribution in [1.82, 2.24) is 10.2 Å². The van der Waals surface area contributed by atoms with E-state index in [9.17, 15) is 10.1 Å². The molecule has 2 rings (SSSR count). The molecule has 0 fully saturated rings. The zero-order valence-electron chi connectivity index (χ0n) is 10.8. The van der Waals surface area contributed by atoms with E-state index in [-0.39, 0.29) is 28.5 Å². The second kappa shape index (κ2) is 5.72. The number of allylic oxidation sites excluding steroid dienone is 2. The summed E-state index contributed by atoms with van der Waals surface area (Å²) in [6.45, 7) is 3.73. The number of nitrogens with one attached hydrogen (secondary N) is 1. The van der Waals surface area contributed by atoms with Crippen molar-refractivity contribution < 1.29 is 9.66 Å². The van der Waals surface area contributed by atoms with Gasteiger partial charge in [-0.2, -0.15) is 0 Å². The molecule has 0 aliphatic carbocycles. The van der Waals surface area contributed by atoms with Gasteiger partial charge in [-0.05, 0) is 13.8 Å². The standard InChI is InChI=1S/C11H12Cl2N4O3/c1-6(2)20-10-4-9(14-15-10)16-5-7(17(18)19)3-8(12)11(16)13/h3-4,6H,5H2,1-2H3,(H,14,15). The maximum atomic E-state index is 10.9. The van der Waals surface area contributed by atoms with Crippen molar-refractivity contribution >= 4 is 29.0 Å². The van der Waals surface area contributed by atoms with E-state index in [0.717, 1.165) is 0 Å². The number of nitrogens with zero attached hydrogens (tertiary/aromatic N) is 3. The molecule has 0 radical (unpaired) electrons. The van der Waals surface area contributed by atoms with Crippen LogP contribution in [0.4, 0.5) is 5.82 Å². The highest BCUT2D eigenvalue weighted by molar-refractivity contribution is 6.41. The minimum atomic E-state index is -0.499. The summed E-state index contributed by atoms with van der Waals surface area (Å²) in [7, 11) is 0. The van der Waals surface area contributed by atoms with Crippen LogP contribution in [0.5, 0.6) is 5.88 Å². The molecule has 9 heteroatoms. The molecule has 0 bridgehead atoms. The lowest BCUT2D eigenvalue weighted by atomic mass is 10.3. The summed E-state index contributed by atoms with van der Waals surface area (Å²) >= 11 is 12.0. The van der Waals surface area contributed by atoms with Crippen LogP contribution in [0.2, 0.25) is 0 Å². The molecule has 0 atom stereocenters. The van der Waals surface area contributed by atoms with E-state index in [2.05, 4.69) is 10.2 Å². The molecule has 1 aromatic heterocycles. The molecule has 0 amide bonds. The molecule has 0 saturated heterocycles. The van der Waals surface area contributed by atoms with Crippen LogP contribution < -0.4 is 9.64 Å². The smallest absolute Gasteiger partial charge is 0.267 e. The fourth-order valence-electron chi connectivity index (χ4n) is 1.65. The lowest BCUT2D eigenvalue weighted by molar-refractivity contribution is -0.425. The average Bonchev–Trinajstić information content (AvgIpc) is 2.79. The molecule has 108 valence electrons. The summed E-state index contributed by atoms with van der Waals surface area (Å²) in [5.74, 6) is 0.851. The first-order valence-corrected chi connectivity index (χ1v) is 6.54. The zero-order valence-corrected chi connectivity index (χ0v) is 12.3. The van der Waals surface area contributed by atoms with Crippen LogP contribution in [0.15, 0.2) is 28.0 Å². The number of aromatic amines is 1. The van der Waals surface area contributed by atoms with Gasteiger partial charge in [0.15, 0.2) is 0 Å². The van der Waals surface area contributed by atoms with Crippen molar-refractivity contribution in [3.05, 3.63) is 38.1 Å². The first-order chi connectivity index (χ1) is 9.38. The Labute approximate surface area is 124 Å². The van der Waals surface area contributed by atoms with Crippen molar-refractivity contribution in [3.63, 3.8) is 0 Å². The highest BCUT2D eigenvalue weighted by Gasteiger charge is 2.27. The van der Waals surface area contributed by atoms with Crippen molar-refractivity contribution in [2.24, 2.45) is 0 Å². The summed E-state index contributed by atoms with van der Waals surface area (Å²) in [5, 5.41) is 17.8. The van der Waals surface area contributed by atoms with Gasteiger partial charge in [-0.1, -0.05) is 23.2 Å². The molecule has 1 aromatic rings. The van der Waals surface area contributed by atoms with Gasteiger partial charge in [0, 0.05) is 12.1 Å². The second-order valence-corrected chi connectivity index (χ2v) is 5.14. The lowest BCUT2D eigenvalue weighted by Crippen LogP contribution is -2.28. The van der Waals surface area contributed by atoms with Crippen molar-refractivity contribution in [2.75, 3.05) is 11.4 Å². The number of nitro groups is 1. The minimum absolute atomic E-state index is 0.00857.